The molecule has 0 aromatic heterocycles. The van der Waals surface area contributed by atoms with Crippen molar-refractivity contribution in [2.75, 3.05) is 18.6 Å². The van der Waals surface area contributed by atoms with Gasteiger partial charge in [0.05, 0.1) is 6.61 Å². The molecule has 0 aliphatic carbocycles. The van der Waals surface area contributed by atoms with E-state index in [1.165, 1.54) is 6.07 Å². The van der Waals surface area contributed by atoms with Gasteiger partial charge in [-0.25, -0.2) is 4.39 Å². The lowest BCUT2D eigenvalue weighted by Gasteiger charge is -2.28. The Labute approximate surface area is 95.7 Å². The van der Waals surface area contributed by atoms with Gasteiger partial charge in [0.1, 0.15) is 5.82 Å². The van der Waals surface area contributed by atoms with Crippen LogP contribution >= 0.6 is 0 Å². The van der Waals surface area contributed by atoms with Crippen molar-refractivity contribution in [1.82, 2.24) is 0 Å². The van der Waals surface area contributed by atoms with E-state index in [0.717, 1.165) is 5.69 Å². The Balaban J connectivity index is 3.17. The molecular formula is C12H19FN2O. The molecule has 0 heterocycles. The Kier molecular flexibility index (Phi) is 4.26. The first-order valence-corrected chi connectivity index (χ1v) is 5.36. The van der Waals surface area contributed by atoms with Crippen LogP contribution in [0.5, 0.6) is 0 Å². The molecule has 0 amide bonds. The molecule has 1 aromatic rings. The van der Waals surface area contributed by atoms with Crippen molar-refractivity contribution < 1.29 is 9.50 Å². The third-order valence-electron chi connectivity index (χ3n) is 2.79. The van der Waals surface area contributed by atoms with Crippen LogP contribution in [0.15, 0.2) is 18.2 Å². The zero-order valence-electron chi connectivity index (χ0n) is 9.94. The lowest BCUT2D eigenvalue weighted by molar-refractivity contribution is 0.270. The number of halogens is 1. The van der Waals surface area contributed by atoms with Crippen molar-refractivity contribution in [3.05, 3.63) is 29.6 Å². The van der Waals surface area contributed by atoms with Gasteiger partial charge in [-0.3, -0.25) is 0 Å². The van der Waals surface area contributed by atoms with Gasteiger partial charge in [-0.15, -0.1) is 0 Å². The highest BCUT2D eigenvalue weighted by Gasteiger charge is 2.17. The SMILES string of the molecule is CC(N)c1c(F)cccc1N(C)C(C)CO. The highest BCUT2D eigenvalue weighted by Crippen LogP contribution is 2.28. The van der Waals surface area contributed by atoms with Crippen LogP contribution in [0.2, 0.25) is 0 Å². The highest BCUT2D eigenvalue weighted by atomic mass is 19.1. The molecule has 2 unspecified atom stereocenters. The van der Waals surface area contributed by atoms with Gasteiger partial charge in [0, 0.05) is 30.4 Å². The quantitative estimate of drug-likeness (QED) is 0.821. The molecule has 0 saturated heterocycles. The minimum atomic E-state index is -0.371. The largest absolute Gasteiger partial charge is 0.394 e. The fourth-order valence-electron chi connectivity index (χ4n) is 1.64. The molecule has 3 N–H and O–H groups in total. The van der Waals surface area contributed by atoms with Gasteiger partial charge in [-0.05, 0) is 26.0 Å². The van der Waals surface area contributed by atoms with E-state index >= 15 is 0 Å². The summed E-state index contributed by atoms with van der Waals surface area (Å²) in [5.41, 5.74) is 6.99. The molecule has 1 rings (SSSR count). The zero-order chi connectivity index (χ0) is 12.3. The van der Waals surface area contributed by atoms with Gasteiger partial charge in [0.15, 0.2) is 0 Å². The van der Waals surface area contributed by atoms with Gasteiger partial charge in [-0.1, -0.05) is 6.07 Å². The number of nitrogens with two attached hydrogens (primary N) is 1. The van der Waals surface area contributed by atoms with Crippen molar-refractivity contribution in [3.8, 4) is 0 Å². The van der Waals surface area contributed by atoms with E-state index in [1.807, 2.05) is 24.9 Å². The number of benzene rings is 1. The van der Waals surface area contributed by atoms with E-state index in [1.54, 1.807) is 13.0 Å². The second-order valence-corrected chi connectivity index (χ2v) is 4.10. The second kappa shape index (κ2) is 5.27. The van der Waals surface area contributed by atoms with Gasteiger partial charge >= 0.3 is 0 Å². The van der Waals surface area contributed by atoms with Crippen LogP contribution in [-0.4, -0.2) is 24.8 Å². The predicted molar refractivity (Wildman–Crippen MR) is 64.0 cm³/mol. The van der Waals surface area contributed by atoms with E-state index in [0.29, 0.717) is 5.56 Å². The number of anilines is 1. The lowest BCUT2D eigenvalue weighted by Crippen LogP contribution is -2.33. The Morgan fingerprint density at radius 3 is 2.56 bits per heavy atom. The standard InChI is InChI=1S/C12H19FN2O/c1-8(7-16)15(3)11-6-4-5-10(13)12(11)9(2)14/h4-6,8-9,16H,7,14H2,1-3H3. The van der Waals surface area contributed by atoms with Gasteiger partial charge in [0.2, 0.25) is 0 Å². The summed E-state index contributed by atoms with van der Waals surface area (Å²) < 4.78 is 13.7. The molecule has 0 fully saturated rings. The van der Waals surface area contributed by atoms with Crippen molar-refractivity contribution in [2.24, 2.45) is 5.73 Å². The van der Waals surface area contributed by atoms with Gasteiger partial charge < -0.3 is 15.7 Å². The number of likely N-dealkylation sites (N-methyl/N-ethyl adjacent to an activating group) is 1. The molecule has 1 aromatic carbocycles. The van der Waals surface area contributed by atoms with Crippen LogP contribution in [-0.2, 0) is 0 Å². The summed E-state index contributed by atoms with van der Waals surface area (Å²) in [7, 11) is 1.82. The zero-order valence-corrected chi connectivity index (χ0v) is 9.94. The van der Waals surface area contributed by atoms with Crippen molar-refractivity contribution in [2.45, 2.75) is 25.9 Å². The summed E-state index contributed by atoms with van der Waals surface area (Å²) in [4.78, 5) is 1.84. The van der Waals surface area contributed by atoms with Crippen molar-refractivity contribution >= 4 is 5.69 Å². The van der Waals surface area contributed by atoms with E-state index in [4.69, 9.17) is 10.8 Å². The fourth-order valence-corrected chi connectivity index (χ4v) is 1.64. The first-order valence-electron chi connectivity index (χ1n) is 5.36. The molecule has 16 heavy (non-hydrogen) atoms. The highest BCUT2D eigenvalue weighted by molar-refractivity contribution is 5.55. The maximum Gasteiger partial charge on any atom is 0.130 e. The molecule has 90 valence electrons. The van der Waals surface area contributed by atoms with Crippen LogP contribution < -0.4 is 10.6 Å². The van der Waals surface area contributed by atoms with Crippen molar-refractivity contribution in [1.29, 1.82) is 0 Å². The first kappa shape index (κ1) is 12.9. The Bertz CT molecular complexity index is 355. The molecule has 0 bridgehead atoms. The second-order valence-electron chi connectivity index (χ2n) is 4.10. The average Bonchev–Trinajstić information content (AvgIpc) is 2.26. The molecule has 4 heteroatoms. The van der Waals surface area contributed by atoms with Crippen LogP contribution in [0.1, 0.15) is 25.5 Å². The van der Waals surface area contributed by atoms with Crippen LogP contribution in [0.4, 0.5) is 10.1 Å². The Hall–Kier alpha value is -1.13. The van der Waals surface area contributed by atoms with E-state index in [-0.39, 0.29) is 24.5 Å². The third kappa shape index (κ3) is 2.51. The Morgan fingerprint density at radius 2 is 2.06 bits per heavy atom. The van der Waals surface area contributed by atoms with E-state index < -0.39 is 0 Å². The summed E-state index contributed by atoms with van der Waals surface area (Å²) >= 11 is 0. The summed E-state index contributed by atoms with van der Waals surface area (Å²) in [6.07, 6.45) is 0. The molecule has 3 nitrogen and oxygen atoms in total. The molecule has 0 aliphatic rings. The van der Waals surface area contributed by atoms with Crippen molar-refractivity contribution in [3.63, 3.8) is 0 Å². The molecule has 2 atom stereocenters. The topological polar surface area (TPSA) is 49.5 Å². The molecule has 0 spiro atoms. The number of rotatable bonds is 4. The maximum absolute atomic E-state index is 13.7. The van der Waals surface area contributed by atoms with Crippen LogP contribution in [0, 0.1) is 5.82 Å². The molecule has 0 aliphatic heterocycles. The van der Waals surface area contributed by atoms with Gasteiger partial charge in [0.25, 0.3) is 0 Å². The maximum atomic E-state index is 13.7. The number of aliphatic hydroxyl groups excluding tert-OH is 1. The monoisotopic (exact) mass is 226 g/mol. The van der Waals surface area contributed by atoms with E-state index in [9.17, 15) is 4.39 Å². The fraction of sp³-hybridized carbons (Fsp3) is 0.500. The minimum absolute atomic E-state index is 0.0193. The summed E-state index contributed by atoms with van der Waals surface area (Å²) in [5, 5.41) is 9.10. The predicted octanol–water partition coefficient (Wildman–Crippen LogP) is 1.66. The number of nitrogens with zero attached hydrogens (tertiary/aromatic N) is 1. The normalized spacial score (nSPS) is 14.6. The van der Waals surface area contributed by atoms with Crippen LogP contribution in [0.3, 0.4) is 0 Å². The van der Waals surface area contributed by atoms with Crippen LogP contribution in [0.25, 0.3) is 0 Å². The smallest absolute Gasteiger partial charge is 0.130 e. The lowest BCUT2D eigenvalue weighted by atomic mass is 10.0. The summed E-state index contributed by atoms with van der Waals surface area (Å²) in [5.74, 6) is -0.301. The molecule has 0 saturated carbocycles. The average molecular weight is 226 g/mol. The minimum Gasteiger partial charge on any atom is -0.394 e. The number of hydrogen-bond acceptors (Lipinski definition) is 3. The summed E-state index contributed by atoms with van der Waals surface area (Å²) in [6, 6.07) is 4.42. The number of hydrogen-bond donors (Lipinski definition) is 2. The number of aliphatic hydroxyl groups is 1. The summed E-state index contributed by atoms with van der Waals surface area (Å²) in [6.45, 7) is 3.64. The van der Waals surface area contributed by atoms with E-state index in [2.05, 4.69) is 0 Å². The molecule has 0 radical (unpaired) electrons. The molecular weight excluding hydrogens is 207 g/mol. The first-order chi connectivity index (χ1) is 7.49. The third-order valence-corrected chi connectivity index (χ3v) is 2.79. The van der Waals surface area contributed by atoms with Gasteiger partial charge in [-0.2, -0.15) is 0 Å². The Morgan fingerprint density at radius 1 is 1.44 bits per heavy atom.